The highest BCUT2D eigenvalue weighted by Crippen LogP contribution is 2.33. The number of rotatable bonds is 4. The third-order valence-corrected chi connectivity index (χ3v) is 4.65. The van der Waals surface area contributed by atoms with E-state index in [4.69, 9.17) is 9.47 Å². The minimum atomic E-state index is -0.288. The molecule has 0 radical (unpaired) electrons. The van der Waals surface area contributed by atoms with Gasteiger partial charge in [0.05, 0.1) is 12.3 Å². The van der Waals surface area contributed by atoms with Crippen molar-refractivity contribution in [3.63, 3.8) is 0 Å². The molecule has 1 N–H and O–H groups in total. The van der Waals surface area contributed by atoms with E-state index in [-0.39, 0.29) is 12.1 Å². The number of ether oxygens (including phenoxy) is 2. The molecule has 1 fully saturated rings. The molecule has 2 atom stereocenters. The minimum absolute atomic E-state index is 0.129. The molecule has 6 nitrogen and oxygen atoms in total. The molecule has 1 aromatic carbocycles. The van der Waals surface area contributed by atoms with Crippen LogP contribution in [0.4, 0.5) is 0 Å². The lowest BCUT2D eigenvalue weighted by Crippen LogP contribution is -2.36. The average molecular weight is 315 g/mol. The number of hydrogen-bond donors (Lipinski definition) is 1. The number of aliphatic hydroxyl groups is 1. The van der Waals surface area contributed by atoms with Crippen molar-refractivity contribution in [1.82, 2.24) is 14.7 Å². The van der Waals surface area contributed by atoms with Gasteiger partial charge in [-0.1, -0.05) is 6.07 Å². The van der Waals surface area contributed by atoms with E-state index in [1.54, 1.807) is 4.68 Å². The lowest BCUT2D eigenvalue weighted by atomic mass is 10.0. The van der Waals surface area contributed by atoms with Gasteiger partial charge < -0.3 is 14.6 Å². The van der Waals surface area contributed by atoms with Crippen LogP contribution in [0.25, 0.3) is 0 Å². The molecule has 0 unspecified atom stereocenters. The number of aromatic nitrogens is 2. The van der Waals surface area contributed by atoms with E-state index in [9.17, 15) is 5.11 Å². The van der Waals surface area contributed by atoms with E-state index in [2.05, 4.69) is 16.1 Å². The summed E-state index contributed by atoms with van der Waals surface area (Å²) in [4.78, 5) is 2.34. The molecule has 1 aromatic heterocycles. The summed E-state index contributed by atoms with van der Waals surface area (Å²) >= 11 is 0. The fraction of sp³-hybridized carbons (Fsp3) is 0.471. The molecule has 0 bridgehead atoms. The normalized spacial score (nSPS) is 23.6. The van der Waals surface area contributed by atoms with Crippen LogP contribution in [-0.2, 0) is 20.0 Å². The summed E-state index contributed by atoms with van der Waals surface area (Å²) in [5, 5.41) is 14.6. The van der Waals surface area contributed by atoms with Crippen molar-refractivity contribution < 1.29 is 14.6 Å². The highest BCUT2D eigenvalue weighted by Gasteiger charge is 2.33. The summed E-state index contributed by atoms with van der Waals surface area (Å²) in [6.07, 6.45) is 5.24. The first-order chi connectivity index (χ1) is 11.2. The van der Waals surface area contributed by atoms with Gasteiger partial charge in [0.2, 0.25) is 6.79 Å². The molecule has 3 heterocycles. The van der Waals surface area contributed by atoms with Crippen LogP contribution < -0.4 is 9.47 Å². The summed E-state index contributed by atoms with van der Waals surface area (Å²) in [5.74, 6) is 1.62. The molecule has 2 aromatic rings. The first-order valence-corrected chi connectivity index (χ1v) is 7.97. The second kappa shape index (κ2) is 5.86. The van der Waals surface area contributed by atoms with E-state index in [0.29, 0.717) is 6.79 Å². The Labute approximate surface area is 135 Å². The minimum Gasteiger partial charge on any atom is -0.454 e. The van der Waals surface area contributed by atoms with Crippen molar-refractivity contribution in [2.45, 2.75) is 31.5 Å². The van der Waals surface area contributed by atoms with Crippen molar-refractivity contribution in [3.8, 4) is 11.5 Å². The number of aryl methyl sites for hydroxylation is 1. The van der Waals surface area contributed by atoms with E-state index >= 15 is 0 Å². The number of likely N-dealkylation sites (tertiary alicyclic amines) is 1. The van der Waals surface area contributed by atoms with Gasteiger partial charge in [-0.15, -0.1) is 0 Å². The monoisotopic (exact) mass is 315 g/mol. The third kappa shape index (κ3) is 2.92. The topological polar surface area (TPSA) is 59.8 Å². The Kier molecular flexibility index (Phi) is 3.71. The van der Waals surface area contributed by atoms with E-state index in [0.717, 1.165) is 43.0 Å². The third-order valence-electron chi connectivity index (χ3n) is 4.65. The summed E-state index contributed by atoms with van der Waals surface area (Å²) in [7, 11) is 1.92. The van der Waals surface area contributed by atoms with Crippen molar-refractivity contribution in [2.24, 2.45) is 7.05 Å². The smallest absolute Gasteiger partial charge is 0.231 e. The van der Waals surface area contributed by atoms with Crippen molar-refractivity contribution in [3.05, 3.63) is 41.7 Å². The Bertz CT molecular complexity index is 700. The van der Waals surface area contributed by atoms with Crippen LogP contribution in [0.1, 0.15) is 17.5 Å². The Morgan fingerprint density at radius 1 is 1.26 bits per heavy atom. The number of hydrogen-bond acceptors (Lipinski definition) is 5. The molecule has 0 saturated carbocycles. The molecule has 0 aliphatic carbocycles. The fourth-order valence-electron chi connectivity index (χ4n) is 3.45. The van der Waals surface area contributed by atoms with Gasteiger partial charge in [0, 0.05) is 32.4 Å². The van der Waals surface area contributed by atoms with Gasteiger partial charge in [-0.3, -0.25) is 9.58 Å². The standard InChI is InChI=1S/C17H21N3O3/c1-19-9-13(8-18-19)6-14-15(21)4-5-20(14)10-12-2-3-16-17(7-12)23-11-22-16/h2-3,7-9,14-15,21H,4-6,10-11H2,1H3/t14-,15+/m1/s1. The Balaban J connectivity index is 1.48. The largest absolute Gasteiger partial charge is 0.454 e. The Morgan fingerprint density at radius 2 is 2.13 bits per heavy atom. The maximum absolute atomic E-state index is 10.3. The lowest BCUT2D eigenvalue weighted by Gasteiger charge is -2.26. The molecule has 6 heteroatoms. The molecule has 0 spiro atoms. The van der Waals surface area contributed by atoms with Gasteiger partial charge >= 0.3 is 0 Å². The molecule has 1 saturated heterocycles. The summed E-state index contributed by atoms with van der Waals surface area (Å²) in [5.41, 5.74) is 2.34. The number of benzene rings is 1. The average Bonchev–Trinajstić information content (AvgIpc) is 3.23. The zero-order chi connectivity index (χ0) is 15.8. The van der Waals surface area contributed by atoms with Gasteiger partial charge in [0.1, 0.15) is 0 Å². The van der Waals surface area contributed by atoms with E-state index in [1.165, 1.54) is 5.56 Å². The van der Waals surface area contributed by atoms with Crippen LogP contribution >= 0.6 is 0 Å². The zero-order valence-electron chi connectivity index (χ0n) is 13.2. The molecule has 23 heavy (non-hydrogen) atoms. The molecular weight excluding hydrogens is 294 g/mol. The van der Waals surface area contributed by atoms with Gasteiger partial charge in [0.15, 0.2) is 11.5 Å². The predicted molar refractivity (Wildman–Crippen MR) is 84.3 cm³/mol. The molecule has 2 aliphatic rings. The first kappa shape index (κ1) is 14.5. The molecule has 2 aliphatic heterocycles. The van der Waals surface area contributed by atoms with Crippen LogP contribution in [0.3, 0.4) is 0 Å². The summed E-state index contributed by atoms with van der Waals surface area (Å²) < 4.78 is 12.6. The van der Waals surface area contributed by atoms with Crippen LogP contribution in [0, 0.1) is 0 Å². The second-order valence-electron chi connectivity index (χ2n) is 6.31. The van der Waals surface area contributed by atoms with Gasteiger partial charge in [-0.25, -0.2) is 0 Å². The van der Waals surface area contributed by atoms with Gasteiger partial charge in [0.25, 0.3) is 0 Å². The fourth-order valence-corrected chi connectivity index (χ4v) is 3.45. The highest BCUT2D eigenvalue weighted by atomic mass is 16.7. The molecule has 4 rings (SSSR count). The van der Waals surface area contributed by atoms with Crippen molar-refractivity contribution in [2.75, 3.05) is 13.3 Å². The first-order valence-electron chi connectivity index (χ1n) is 7.97. The Morgan fingerprint density at radius 3 is 2.96 bits per heavy atom. The van der Waals surface area contributed by atoms with Crippen molar-refractivity contribution >= 4 is 0 Å². The summed E-state index contributed by atoms with van der Waals surface area (Å²) in [6.45, 7) is 2.00. The van der Waals surface area contributed by atoms with Gasteiger partial charge in [-0.05, 0) is 36.1 Å². The van der Waals surface area contributed by atoms with Crippen LogP contribution in [0.2, 0.25) is 0 Å². The van der Waals surface area contributed by atoms with E-state index < -0.39 is 0 Å². The Hall–Kier alpha value is -2.05. The number of nitrogens with zero attached hydrogens (tertiary/aromatic N) is 3. The molecular formula is C17H21N3O3. The zero-order valence-corrected chi connectivity index (χ0v) is 13.2. The molecule has 0 amide bonds. The SMILES string of the molecule is Cn1cc(C[C@@H]2[C@@H](O)CCN2Cc2ccc3c(c2)OCO3)cn1. The maximum Gasteiger partial charge on any atom is 0.231 e. The highest BCUT2D eigenvalue weighted by molar-refractivity contribution is 5.44. The van der Waals surface area contributed by atoms with Crippen LogP contribution in [0.15, 0.2) is 30.6 Å². The second-order valence-corrected chi connectivity index (χ2v) is 6.31. The van der Waals surface area contributed by atoms with E-state index in [1.807, 2.05) is 31.6 Å². The van der Waals surface area contributed by atoms with Crippen LogP contribution in [0.5, 0.6) is 11.5 Å². The molecule has 122 valence electrons. The number of fused-ring (bicyclic) bond motifs is 1. The number of aliphatic hydroxyl groups excluding tert-OH is 1. The lowest BCUT2D eigenvalue weighted by molar-refractivity contribution is 0.112. The predicted octanol–water partition coefficient (Wildman–Crippen LogP) is 1.33. The quantitative estimate of drug-likeness (QED) is 0.922. The van der Waals surface area contributed by atoms with Crippen LogP contribution in [-0.4, -0.2) is 45.3 Å². The van der Waals surface area contributed by atoms with Gasteiger partial charge in [-0.2, -0.15) is 5.10 Å². The van der Waals surface area contributed by atoms with Crippen molar-refractivity contribution in [1.29, 1.82) is 0 Å². The maximum atomic E-state index is 10.3. The summed E-state index contributed by atoms with van der Waals surface area (Å²) in [6, 6.07) is 6.19.